The van der Waals surface area contributed by atoms with Crippen molar-refractivity contribution >= 4 is 23.3 Å². The molecule has 0 unspecified atom stereocenters. The average molecular weight is 356 g/mol. The number of hydrogen-bond donors (Lipinski definition) is 0. The first-order valence-corrected chi connectivity index (χ1v) is 7.81. The number of carbonyl (C=O) groups is 1. The van der Waals surface area contributed by atoms with Crippen molar-refractivity contribution in [2.24, 2.45) is 0 Å². The largest absolute Gasteiger partial charge is 0.573 e. The maximum Gasteiger partial charge on any atom is 0.573 e. The Bertz CT molecular complexity index is 724. The first-order chi connectivity index (χ1) is 11.2. The second kappa shape index (κ2) is 7.48. The second-order valence-electron chi connectivity index (χ2n) is 5.01. The zero-order valence-electron chi connectivity index (χ0n) is 13.0. The summed E-state index contributed by atoms with van der Waals surface area (Å²) in [7, 11) is 1.61. The Morgan fingerprint density at radius 1 is 1.33 bits per heavy atom. The van der Waals surface area contributed by atoms with Crippen LogP contribution in [0.1, 0.15) is 16.3 Å². The third-order valence-electron chi connectivity index (χ3n) is 2.99. The van der Waals surface area contributed by atoms with E-state index in [1.807, 2.05) is 12.3 Å². The van der Waals surface area contributed by atoms with Gasteiger partial charge in [0.1, 0.15) is 5.75 Å². The first-order valence-electron chi connectivity index (χ1n) is 6.93. The van der Waals surface area contributed by atoms with Crippen molar-refractivity contribution in [1.29, 1.82) is 0 Å². The standard InChI is InChI=1S/C16H15F3N2O2S/c1-11-20-13(10-24-11)5-8-15(22)21(2)9-12-3-6-14(7-4-12)23-16(17,18)19/h3-8,10H,9H2,1-2H3/b8-5+. The van der Waals surface area contributed by atoms with E-state index in [2.05, 4.69) is 9.72 Å². The zero-order valence-corrected chi connectivity index (χ0v) is 13.8. The molecule has 0 bridgehead atoms. The van der Waals surface area contributed by atoms with Crippen LogP contribution in [0.15, 0.2) is 35.7 Å². The quantitative estimate of drug-likeness (QED) is 0.760. The fraction of sp³-hybridized carbons (Fsp3) is 0.250. The minimum atomic E-state index is -4.72. The van der Waals surface area contributed by atoms with E-state index in [1.54, 1.807) is 13.1 Å². The minimum Gasteiger partial charge on any atom is -0.406 e. The number of carbonyl (C=O) groups excluding carboxylic acids is 1. The molecule has 24 heavy (non-hydrogen) atoms. The monoisotopic (exact) mass is 356 g/mol. The molecule has 0 aliphatic rings. The van der Waals surface area contributed by atoms with Crippen LogP contribution in [0, 0.1) is 6.92 Å². The van der Waals surface area contributed by atoms with Gasteiger partial charge < -0.3 is 9.64 Å². The van der Waals surface area contributed by atoms with Crippen molar-refractivity contribution in [3.05, 3.63) is 52.0 Å². The molecule has 4 nitrogen and oxygen atoms in total. The highest BCUT2D eigenvalue weighted by atomic mass is 32.1. The number of likely N-dealkylation sites (N-methyl/N-ethyl adjacent to an activating group) is 1. The summed E-state index contributed by atoms with van der Waals surface area (Å²) in [5.41, 5.74) is 1.41. The highest BCUT2D eigenvalue weighted by Crippen LogP contribution is 2.23. The lowest BCUT2D eigenvalue weighted by molar-refractivity contribution is -0.274. The lowest BCUT2D eigenvalue weighted by atomic mass is 10.2. The number of halogens is 3. The van der Waals surface area contributed by atoms with Gasteiger partial charge in [-0.1, -0.05) is 12.1 Å². The molecule has 128 valence electrons. The topological polar surface area (TPSA) is 42.4 Å². The molecule has 8 heteroatoms. The van der Waals surface area contributed by atoms with Crippen LogP contribution in [-0.2, 0) is 11.3 Å². The Balaban J connectivity index is 1.92. The predicted molar refractivity (Wildman–Crippen MR) is 85.5 cm³/mol. The van der Waals surface area contributed by atoms with E-state index < -0.39 is 6.36 Å². The summed E-state index contributed by atoms with van der Waals surface area (Å²) in [6.45, 7) is 2.15. The van der Waals surface area contributed by atoms with Crippen LogP contribution in [0.3, 0.4) is 0 Å². The Labute approximate surface area is 141 Å². The molecule has 1 heterocycles. The molecular weight excluding hydrogens is 341 g/mol. The molecule has 0 N–H and O–H groups in total. The highest BCUT2D eigenvalue weighted by molar-refractivity contribution is 7.09. The fourth-order valence-electron chi connectivity index (χ4n) is 1.89. The van der Waals surface area contributed by atoms with Gasteiger partial charge in [-0.15, -0.1) is 24.5 Å². The van der Waals surface area contributed by atoms with Gasteiger partial charge in [0.05, 0.1) is 10.7 Å². The van der Waals surface area contributed by atoms with E-state index in [4.69, 9.17) is 0 Å². The van der Waals surface area contributed by atoms with Gasteiger partial charge in [0.2, 0.25) is 5.91 Å². The van der Waals surface area contributed by atoms with E-state index >= 15 is 0 Å². The molecule has 1 aromatic heterocycles. The van der Waals surface area contributed by atoms with E-state index in [1.165, 1.54) is 46.6 Å². The van der Waals surface area contributed by atoms with E-state index in [-0.39, 0.29) is 18.2 Å². The van der Waals surface area contributed by atoms with E-state index in [0.717, 1.165) is 5.01 Å². The Kier molecular flexibility index (Phi) is 5.61. The van der Waals surface area contributed by atoms with Crippen LogP contribution in [0.2, 0.25) is 0 Å². The number of alkyl halides is 3. The van der Waals surface area contributed by atoms with Gasteiger partial charge in [0.25, 0.3) is 0 Å². The van der Waals surface area contributed by atoms with Gasteiger partial charge in [0, 0.05) is 25.0 Å². The normalized spacial score (nSPS) is 11.7. The molecular formula is C16H15F3N2O2S. The van der Waals surface area contributed by atoms with E-state index in [0.29, 0.717) is 11.3 Å². The lowest BCUT2D eigenvalue weighted by Crippen LogP contribution is -2.24. The minimum absolute atomic E-state index is 0.226. The molecule has 0 aliphatic heterocycles. The van der Waals surface area contributed by atoms with Crippen LogP contribution in [-0.4, -0.2) is 29.2 Å². The fourth-order valence-corrected chi connectivity index (χ4v) is 2.47. The van der Waals surface area contributed by atoms with Crippen molar-refractivity contribution in [2.45, 2.75) is 19.8 Å². The number of thiazole rings is 1. The Hall–Kier alpha value is -2.35. The summed E-state index contributed by atoms with van der Waals surface area (Å²) < 4.78 is 40.1. The number of aryl methyl sites for hydroxylation is 1. The van der Waals surface area contributed by atoms with Crippen LogP contribution in [0.4, 0.5) is 13.2 Å². The van der Waals surface area contributed by atoms with Crippen molar-refractivity contribution in [1.82, 2.24) is 9.88 Å². The zero-order chi connectivity index (χ0) is 17.7. The summed E-state index contributed by atoms with van der Waals surface area (Å²) >= 11 is 1.49. The molecule has 0 saturated heterocycles. The van der Waals surface area contributed by atoms with Gasteiger partial charge in [-0.3, -0.25) is 4.79 Å². The molecule has 0 saturated carbocycles. The molecule has 1 aromatic carbocycles. The predicted octanol–water partition coefficient (Wildman–Crippen LogP) is 4.02. The number of aromatic nitrogens is 1. The average Bonchev–Trinajstić information content (AvgIpc) is 2.91. The number of nitrogens with zero attached hydrogens (tertiary/aromatic N) is 2. The lowest BCUT2D eigenvalue weighted by Gasteiger charge is -2.15. The van der Waals surface area contributed by atoms with Crippen molar-refractivity contribution in [3.8, 4) is 5.75 Å². The number of ether oxygens (including phenoxy) is 1. The summed E-state index contributed by atoms with van der Waals surface area (Å²) in [5, 5.41) is 2.76. The van der Waals surface area contributed by atoms with Crippen LogP contribution >= 0.6 is 11.3 Å². The maximum absolute atomic E-state index is 12.1. The van der Waals surface area contributed by atoms with Crippen molar-refractivity contribution in [2.75, 3.05) is 7.05 Å². The van der Waals surface area contributed by atoms with Crippen molar-refractivity contribution in [3.63, 3.8) is 0 Å². The SMILES string of the molecule is Cc1nc(/C=C/C(=O)N(C)Cc2ccc(OC(F)(F)F)cc2)cs1. The Morgan fingerprint density at radius 3 is 2.54 bits per heavy atom. The molecule has 0 atom stereocenters. The summed E-state index contributed by atoms with van der Waals surface area (Å²) in [4.78, 5) is 17.7. The molecule has 0 spiro atoms. The summed E-state index contributed by atoms with van der Waals surface area (Å²) in [5.74, 6) is -0.518. The van der Waals surface area contributed by atoms with Crippen LogP contribution in [0.5, 0.6) is 5.75 Å². The van der Waals surface area contributed by atoms with Crippen LogP contribution in [0.25, 0.3) is 6.08 Å². The summed E-state index contributed by atoms with van der Waals surface area (Å²) in [6, 6.07) is 5.40. The third-order valence-corrected chi connectivity index (χ3v) is 3.78. The molecule has 0 fully saturated rings. The number of hydrogen-bond acceptors (Lipinski definition) is 4. The van der Waals surface area contributed by atoms with Crippen molar-refractivity contribution < 1.29 is 22.7 Å². The first kappa shape index (κ1) is 18.0. The number of rotatable bonds is 5. The molecule has 0 radical (unpaired) electrons. The number of amides is 1. The molecule has 2 rings (SSSR count). The van der Waals surface area contributed by atoms with Gasteiger partial charge in [0.15, 0.2) is 0 Å². The van der Waals surface area contributed by atoms with Gasteiger partial charge in [-0.2, -0.15) is 0 Å². The van der Waals surface area contributed by atoms with Crippen LogP contribution < -0.4 is 4.74 Å². The van der Waals surface area contributed by atoms with E-state index in [9.17, 15) is 18.0 Å². The molecule has 2 aromatic rings. The highest BCUT2D eigenvalue weighted by Gasteiger charge is 2.30. The second-order valence-corrected chi connectivity index (χ2v) is 6.07. The third kappa shape index (κ3) is 5.69. The smallest absolute Gasteiger partial charge is 0.406 e. The number of benzene rings is 1. The molecule has 0 aliphatic carbocycles. The molecule has 1 amide bonds. The Morgan fingerprint density at radius 2 is 2.00 bits per heavy atom. The van der Waals surface area contributed by atoms with Gasteiger partial charge in [-0.25, -0.2) is 4.98 Å². The maximum atomic E-state index is 12.1. The summed E-state index contributed by atoms with van der Waals surface area (Å²) in [6.07, 6.45) is -1.68. The van der Waals surface area contributed by atoms with Gasteiger partial charge >= 0.3 is 6.36 Å². The van der Waals surface area contributed by atoms with Gasteiger partial charge in [-0.05, 0) is 30.7 Å².